The summed E-state index contributed by atoms with van der Waals surface area (Å²) in [6.07, 6.45) is 4.25. The van der Waals surface area contributed by atoms with E-state index in [4.69, 9.17) is 4.74 Å². The lowest BCUT2D eigenvalue weighted by Crippen LogP contribution is -2.37. The smallest absolute Gasteiger partial charge is 0.162 e. The Hall–Kier alpha value is -0.710. The summed E-state index contributed by atoms with van der Waals surface area (Å²) in [4.78, 5) is 14.5. The molecule has 2 rings (SSSR count). The van der Waals surface area contributed by atoms with Crippen molar-refractivity contribution in [1.82, 2.24) is 4.90 Å². The molecular weight excluding hydrogens is 330 g/mol. The lowest BCUT2D eigenvalue weighted by atomic mass is 10.0. The van der Waals surface area contributed by atoms with Crippen molar-refractivity contribution < 1.29 is 9.53 Å². The fraction of sp³-hybridized carbons (Fsp3) is 0.588. The Kier molecular flexibility index (Phi) is 6.87. The summed E-state index contributed by atoms with van der Waals surface area (Å²) < 4.78 is 6.67. The molecule has 0 aliphatic carbocycles. The van der Waals surface area contributed by atoms with Crippen LogP contribution in [0.2, 0.25) is 0 Å². The SMILES string of the molecule is CCOC1CCN(CCCC(=O)c2ccc(Br)cc2)CC1. The Bertz CT molecular complexity index is 439. The molecule has 1 aliphatic rings. The minimum Gasteiger partial charge on any atom is -0.378 e. The molecule has 3 nitrogen and oxygen atoms in total. The van der Waals surface area contributed by atoms with E-state index in [-0.39, 0.29) is 5.78 Å². The van der Waals surface area contributed by atoms with Gasteiger partial charge in [0.2, 0.25) is 0 Å². The van der Waals surface area contributed by atoms with Crippen LogP contribution >= 0.6 is 15.9 Å². The van der Waals surface area contributed by atoms with Crippen LogP contribution in [0.3, 0.4) is 0 Å². The fourth-order valence-electron chi connectivity index (χ4n) is 2.78. The van der Waals surface area contributed by atoms with E-state index in [1.165, 1.54) is 0 Å². The molecule has 1 saturated heterocycles. The Morgan fingerprint density at radius 2 is 1.95 bits per heavy atom. The van der Waals surface area contributed by atoms with E-state index < -0.39 is 0 Å². The van der Waals surface area contributed by atoms with Gasteiger partial charge in [-0.3, -0.25) is 4.79 Å². The van der Waals surface area contributed by atoms with Crippen LogP contribution in [0.15, 0.2) is 28.7 Å². The van der Waals surface area contributed by atoms with Crippen LogP contribution in [0.5, 0.6) is 0 Å². The number of piperidine rings is 1. The number of carbonyl (C=O) groups excluding carboxylic acids is 1. The average molecular weight is 354 g/mol. The standard InChI is InChI=1S/C17H24BrNO2/c1-2-21-16-9-12-19(13-10-16)11-3-4-17(20)14-5-7-15(18)8-6-14/h5-8,16H,2-4,9-13H2,1H3. The number of ether oxygens (including phenoxy) is 1. The number of likely N-dealkylation sites (tertiary alicyclic amines) is 1. The molecule has 1 aliphatic heterocycles. The lowest BCUT2D eigenvalue weighted by molar-refractivity contribution is 0.0140. The van der Waals surface area contributed by atoms with Crippen molar-refractivity contribution in [2.24, 2.45) is 0 Å². The molecule has 0 unspecified atom stereocenters. The van der Waals surface area contributed by atoms with Gasteiger partial charge in [-0.2, -0.15) is 0 Å². The summed E-state index contributed by atoms with van der Waals surface area (Å²) in [7, 11) is 0. The third-order valence-electron chi connectivity index (χ3n) is 3.98. The Morgan fingerprint density at radius 3 is 2.57 bits per heavy atom. The summed E-state index contributed by atoms with van der Waals surface area (Å²) >= 11 is 3.39. The molecule has 0 bridgehead atoms. The lowest BCUT2D eigenvalue weighted by Gasteiger charge is -2.31. The molecule has 1 aromatic carbocycles. The number of benzene rings is 1. The van der Waals surface area contributed by atoms with Crippen molar-refractivity contribution in [2.45, 2.75) is 38.7 Å². The van der Waals surface area contributed by atoms with Crippen molar-refractivity contribution in [3.63, 3.8) is 0 Å². The number of ketones is 1. The molecule has 1 heterocycles. The summed E-state index contributed by atoms with van der Waals surface area (Å²) in [6.45, 7) is 6.07. The van der Waals surface area contributed by atoms with E-state index in [1.54, 1.807) is 0 Å². The van der Waals surface area contributed by atoms with Crippen molar-refractivity contribution in [1.29, 1.82) is 0 Å². The fourth-order valence-corrected chi connectivity index (χ4v) is 3.04. The highest BCUT2D eigenvalue weighted by Gasteiger charge is 2.18. The van der Waals surface area contributed by atoms with Gasteiger partial charge >= 0.3 is 0 Å². The Labute approximate surface area is 135 Å². The molecule has 21 heavy (non-hydrogen) atoms. The monoisotopic (exact) mass is 353 g/mol. The van der Waals surface area contributed by atoms with Crippen LogP contribution in [-0.4, -0.2) is 43.0 Å². The van der Waals surface area contributed by atoms with E-state index in [9.17, 15) is 4.79 Å². The maximum atomic E-state index is 12.1. The quantitative estimate of drug-likeness (QED) is 0.696. The van der Waals surface area contributed by atoms with Crippen LogP contribution in [0.25, 0.3) is 0 Å². The molecule has 0 atom stereocenters. The molecule has 0 saturated carbocycles. The maximum Gasteiger partial charge on any atom is 0.162 e. The van der Waals surface area contributed by atoms with Gasteiger partial charge in [0.25, 0.3) is 0 Å². The average Bonchev–Trinajstić information content (AvgIpc) is 2.50. The second-order valence-corrected chi connectivity index (χ2v) is 6.45. The van der Waals surface area contributed by atoms with Gasteiger partial charge in [0.15, 0.2) is 5.78 Å². The summed E-state index contributed by atoms with van der Waals surface area (Å²) in [5.74, 6) is 0.242. The summed E-state index contributed by atoms with van der Waals surface area (Å²) in [6, 6.07) is 7.62. The Balaban J connectivity index is 1.66. The van der Waals surface area contributed by atoms with Gasteiger partial charge in [-0.15, -0.1) is 0 Å². The molecule has 0 aromatic heterocycles. The van der Waals surface area contributed by atoms with E-state index in [1.807, 2.05) is 24.3 Å². The molecular formula is C17H24BrNO2. The first-order chi connectivity index (χ1) is 10.2. The van der Waals surface area contributed by atoms with Crippen molar-refractivity contribution >= 4 is 21.7 Å². The van der Waals surface area contributed by atoms with Crippen LogP contribution < -0.4 is 0 Å². The number of hydrogen-bond acceptors (Lipinski definition) is 3. The largest absolute Gasteiger partial charge is 0.378 e. The van der Waals surface area contributed by atoms with Crippen molar-refractivity contribution in [3.8, 4) is 0 Å². The third kappa shape index (κ3) is 5.53. The third-order valence-corrected chi connectivity index (χ3v) is 4.51. The van der Waals surface area contributed by atoms with Gasteiger partial charge < -0.3 is 9.64 Å². The second kappa shape index (κ2) is 8.66. The van der Waals surface area contributed by atoms with Crippen LogP contribution in [0.4, 0.5) is 0 Å². The first-order valence-electron chi connectivity index (χ1n) is 7.81. The zero-order valence-corrected chi connectivity index (χ0v) is 14.3. The maximum absolute atomic E-state index is 12.1. The molecule has 0 amide bonds. The zero-order chi connectivity index (χ0) is 15.1. The predicted molar refractivity (Wildman–Crippen MR) is 88.8 cm³/mol. The number of rotatable bonds is 7. The number of carbonyl (C=O) groups is 1. The predicted octanol–water partition coefficient (Wildman–Crippen LogP) is 3.91. The highest BCUT2D eigenvalue weighted by Crippen LogP contribution is 2.15. The van der Waals surface area contributed by atoms with Gasteiger partial charge in [0, 0.05) is 36.2 Å². The minimum absolute atomic E-state index is 0.242. The van der Waals surface area contributed by atoms with Crippen molar-refractivity contribution in [3.05, 3.63) is 34.3 Å². The zero-order valence-electron chi connectivity index (χ0n) is 12.7. The van der Waals surface area contributed by atoms with Crippen LogP contribution in [-0.2, 0) is 4.74 Å². The van der Waals surface area contributed by atoms with Gasteiger partial charge in [-0.25, -0.2) is 0 Å². The topological polar surface area (TPSA) is 29.5 Å². The summed E-state index contributed by atoms with van der Waals surface area (Å²) in [5, 5.41) is 0. The number of nitrogens with zero attached hydrogens (tertiary/aromatic N) is 1. The van der Waals surface area contributed by atoms with Crippen LogP contribution in [0.1, 0.15) is 43.0 Å². The molecule has 0 radical (unpaired) electrons. The molecule has 0 spiro atoms. The molecule has 4 heteroatoms. The second-order valence-electron chi connectivity index (χ2n) is 5.53. The van der Waals surface area contributed by atoms with E-state index in [0.29, 0.717) is 12.5 Å². The van der Waals surface area contributed by atoms with E-state index in [0.717, 1.165) is 55.5 Å². The first-order valence-corrected chi connectivity index (χ1v) is 8.61. The van der Waals surface area contributed by atoms with Gasteiger partial charge in [0.1, 0.15) is 0 Å². The van der Waals surface area contributed by atoms with E-state index in [2.05, 4.69) is 27.8 Å². The summed E-state index contributed by atoms with van der Waals surface area (Å²) in [5.41, 5.74) is 0.813. The van der Waals surface area contributed by atoms with E-state index >= 15 is 0 Å². The minimum atomic E-state index is 0.242. The Morgan fingerprint density at radius 1 is 1.29 bits per heavy atom. The first kappa shape index (κ1) is 16.7. The van der Waals surface area contributed by atoms with Gasteiger partial charge in [-0.1, -0.05) is 28.1 Å². The van der Waals surface area contributed by atoms with Gasteiger partial charge in [0.05, 0.1) is 6.10 Å². The highest BCUT2D eigenvalue weighted by molar-refractivity contribution is 9.10. The highest BCUT2D eigenvalue weighted by atomic mass is 79.9. The normalized spacial score (nSPS) is 17.0. The molecule has 116 valence electrons. The molecule has 1 aromatic rings. The molecule has 0 N–H and O–H groups in total. The number of halogens is 1. The van der Waals surface area contributed by atoms with Crippen LogP contribution in [0, 0.1) is 0 Å². The van der Waals surface area contributed by atoms with Gasteiger partial charge in [-0.05, 0) is 44.9 Å². The number of hydrogen-bond donors (Lipinski definition) is 0. The number of Topliss-reactive ketones (excluding diaryl/α,β-unsaturated/α-hetero) is 1. The molecule has 1 fully saturated rings. The van der Waals surface area contributed by atoms with Crippen molar-refractivity contribution in [2.75, 3.05) is 26.2 Å².